The minimum absolute atomic E-state index is 0.397. The highest BCUT2D eigenvalue weighted by Gasteiger charge is 2.40. The van der Waals surface area contributed by atoms with Gasteiger partial charge in [0.25, 0.3) is 0 Å². The van der Waals surface area contributed by atoms with Gasteiger partial charge in [-0.15, -0.1) is 0 Å². The summed E-state index contributed by atoms with van der Waals surface area (Å²) in [5.41, 5.74) is 2.21. The molecule has 0 spiro atoms. The monoisotopic (exact) mass is 252 g/mol. The van der Waals surface area contributed by atoms with Crippen molar-refractivity contribution in [3.63, 3.8) is 0 Å². The van der Waals surface area contributed by atoms with E-state index in [1.807, 2.05) is 24.4 Å². The standard InChI is InChI=1S/C16H16N2O/c19-15-8-12-5-6-13(9-15)18(12)14-7-11-3-1-2-4-16(11)17-10-14/h1-4,7,10,12-13H,5-6,8-9H2. The zero-order valence-corrected chi connectivity index (χ0v) is 10.7. The highest BCUT2D eigenvalue weighted by molar-refractivity contribution is 5.85. The van der Waals surface area contributed by atoms with Crippen LogP contribution >= 0.6 is 0 Å². The van der Waals surface area contributed by atoms with Crippen molar-refractivity contribution in [1.29, 1.82) is 0 Å². The van der Waals surface area contributed by atoms with Gasteiger partial charge in [0, 0.05) is 30.3 Å². The molecule has 1 aromatic carbocycles. The molecule has 96 valence electrons. The molecular formula is C16H16N2O. The number of ketones is 1. The third kappa shape index (κ3) is 1.72. The number of Topliss-reactive ketones (excluding diaryl/α,β-unsaturated/α-hetero) is 1. The van der Waals surface area contributed by atoms with Crippen LogP contribution in [-0.2, 0) is 4.79 Å². The average Bonchev–Trinajstić information content (AvgIpc) is 2.70. The van der Waals surface area contributed by atoms with Crippen molar-refractivity contribution >= 4 is 22.4 Å². The Morgan fingerprint density at radius 1 is 1.11 bits per heavy atom. The van der Waals surface area contributed by atoms with Gasteiger partial charge in [0.1, 0.15) is 5.78 Å². The smallest absolute Gasteiger partial charge is 0.137 e. The second-order valence-electron chi connectivity index (χ2n) is 5.63. The molecule has 0 amide bonds. The normalized spacial score (nSPS) is 26.1. The number of pyridine rings is 1. The molecule has 2 bridgehead atoms. The number of aromatic nitrogens is 1. The summed E-state index contributed by atoms with van der Waals surface area (Å²) in [4.78, 5) is 18.6. The number of nitrogens with zero attached hydrogens (tertiary/aromatic N) is 2. The molecule has 3 heterocycles. The van der Waals surface area contributed by atoms with Gasteiger partial charge in [0.15, 0.2) is 0 Å². The fraction of sp³-hybridized carbons (Fsp3) is 0.375. The van der Waals surface area contributed by atoms with E-state index >= 15 is 0 Å². The first-order valence-corrected chi connectivity index (χ1v) is 6.96. The van der Waals surface area contributed by atoms with E-state index in [0.29, 0.717) is 30.7 Å². The highest BCUT2D eigenvalue weighted by Crippen LogP contribution is 2.38. The largest absolute Gasteiger partial charge is 0.363 e. The Kier molecular flexibility index (Phi) is 2.34. The fourth-order valence-corrected chi connectivity index (χ4v) is 3.59. The molecule has 1 aromatic heterocycles. The Morgan fingerprint density at radius 2 is 1.84 bits per heavy atom. The predicted molar refractivity (Wildman–Crippen MR) is 75.3 cm³/mol. The van der Waals surface area contributed by atoms with Gasteiger partial charge in [-0.1, -0.05) is 18.2 Å². The number of hydrogen-bond donors (Lipinski definition) is 0. The lowest BCUT2D eigenvalue weighted by atomic mass is 10.0. The van der Waals surface area contributed by atoms with Crippen LogP contribution in [0.15, 0.2) is 36.5 Å². The van der Waals surface area contributed by atoms with Crippen molar-refractivity contribution in [2.24, 2.45) is 0 Å². The number of anilines is 1. The van der Waals surface area contributed by atoms with Gasteiger partial charge in [-0.05, 0) is 25.0 Å². The Balaban J connectivity index is 1.76. The van der Waals surface area contributed by atoms with E-state index in [2.05, 4.69) is 22.0 Å². The molecule has 3 nitrogen and oxygen atoms in total. The third-order valence-corrected chi connectivity index (χ3v) is 4.42. The van der Waals surface area contributed by atoms with Gasteiger partial charge in [0.2, 0.25) is 0 Å². The molecule has 2 atom stereocenters. The quantitative estimate of drug-likeness (QED) is 0.782. The fourth-order valence-electron chi connectivity index (χ4n) is 3.59. The van der Waals surface area contributed by atoms with Crippen molar-refractivity contribution in [2.75, 3.05) is 4.90 Å². The zero-order valence-electron chi connectivity index (χ0n) is 10.7. The van der Waals surface area contributed by atoms with E-state index in [0.717, 1.165) is 18.4 Å². The van der Waals surface area contributed by atoms with E-state index in [1.165, 1.54) is 11.1 Å². The number of hydrogen-bond acceptors (Lipinski definition) is 3. The maximum absolute atomic E-state index is 11.7. The maximum atomic E-state index is 11.7. The van der Waals surface area contributed by atoms with Crippen LogP contribution in [0.25, 0.3) is 10.9 Å². The lowest BCUT2D eigenvalue weighted by Crippen LogP contribution is -2.43. The van der Waals surface area contributed by atoms with Crippen LogP contribution in [0.3, 0.4) is 0 Å². The number of benzene rings is 1. The molecule has 2 fully saturated rings. The zero-order chi connectivity index (χ0) is 12.8. The molecule has 3 heteroatoms. The van der Waals surface area contributed by atoms with Crippen molar-refractivity contribution in [2.45, 2.75) is 37.8 Å². The molecule has 0 radical (unpaired) electrons. The summed E-state index contributed by atoms with van der Waals surface area (Å²) in [6.45, 7) is 0. The first-order valence-electron chi connectivity index (χ1n) is 6.96. The summed E-state index contributed by atoms with van der Waals surface area (Å²) >= 11 is 0. The minimum atomic E-state index is 0.397. The molecule has 0 aliphatic carbocycles. The van der Waals surface area contributed by atoms with Crippen LogP contribution in [0.1, 0.15) is 25.7 Å². The number of carbonyl (C=O) groups excluding carboxylic acids is 1. The van der Waals surface area contributed by atoms with Crippen molar-refractivity contribution in [3.8, 4) is 0 Å². The van der Waals surface area contributed by atoms with Crippen molar-refractivity contribution in [3.05, 3.63) is 36.5 Å². The topological polar surface area (TPSA) is 33.2 Å². The first-order chi connectivity index (χ1) is 9.31. The summed E-state index contributed by atoms with van der Waals surface area (Å²) in [5, 5.41) is 1.18. The summed E-state index contributed by atoms with van der Waals surface area (Å²) in [6, 6.07) is 11.2. The molecule has 4 rings (SSSR count). The molecule has 2 unspecified atom stereocenters. The van der Waals surface area contributed by atoms with Crippen LogP contribution in [0.5, 0.6) is 0 Å². The van der Waals surface area contributed by atoms with E-state index in [1.54, 1.807) is 0 Å². The molecule has 19 heavy (non-hydrogen) atoms. The number of piperidine rings is 1. The van der Waals surface area contributed by atoms with Crippen LogP contribution in [0.2, 0.25) is 0 Å². The molecule has 2 aliphatic heterocycles. The lowest BCUT2D eigenvalue weighted by Gasteiger charge is -2.35. The number of rotatable bonds is 1. The van der Waals surface area contributed by atoms with Gasteiger partial charge in [-0.25, -0.2) is 0 Å². The van der Waals surface area contributed by atoms with Crippen molar-refractivity contribution in [1.82, 2.24) is 4.98 Å². The SMILES string of the molecule is O=C1CC2CCC(C1)N2c1cnc2ccccc2c1. The molecule has 2 aromatic rings. The van der Waals surface area contributed by atoms with Gasteiger partial charge in [-0.3, -0.25) is 9.78 Å². The summed E-state index contributed by atoms with van der Waals surface area (Å²) < 4.78 is 0. The predicted octanol–water partition coefficient (Wildman–Crippen LogP) is 2.94. The Labute approximate surface area is 112 Å². The molecule has 0 saturated carbocycles. The minimum Gasteiger partial charge on any atom is -0.363 e. The van der Waals surface area contributed by atoms with E-state index < -0.39 is 0 Å². The van der Waals surface area contributed by atoms with Crippen molar-refractivity contribution < 1.29 is 4.79 Å². The van der Waals surface area contributed by atoms with Crippen LogP contribution < -0.4 is 4.90 Å². The van der Waals surface area contributed by atoms with Gasteiger partial charge in [0.05, 0.1) is 17.4 Å². The van der Waals surface area contributed by atoms with E-state index in [-0.39, 0.29) is 0 Å². The number of fused-ring (bicyclic) bond motifs is 3. The van der Waals surface area contributed by atoms with Gasteiger partial charge < -0.3 is 4.90 Å². The Hall–Kier alpha value is -1.90. The first kappa shape index (κ1) is 11.0. The summed E-state index contributed by atoms with van der Waals surface area (Å²) in [7, 11) is 0. The molecule has 2 aliphatic rings. The molecular weight excluding hydrogens is 236 g/mol. The highest BCUT2D eigenvalue weighted by atomic mass is 16.1. The average molecular weight is 252 g/mol. The Bertz CT molecular complexity index is 636. The van der Waals surface area contributed by atoms with Gasteiger partial charge in [-0.2, -0.15) is 0 Å². The number of carbonyl (C=O) groups is 1. The summed E-state index contributed by atoms with van der Waals surface area (Å²) in [5.74, 6) is 0.428. The van der Waals surface area contributed by atoms with Gasteiger partial charge >= 0.3 is 0 Å². The maximum Gasteiger partial charge on any atom is 0.137 e. The van der Waals surface area contributed by atoms with E-state index in [4.69, 9.17) is 0 Å². The summed E-state index contributed by atoms with van der Waals surface area (Å²) in [6.07, 6.45) is 5.67. The lowest BCUT2D eigenvalue weighted by molar-refractivity contribution is -0.120. The third-order valence-electron chi connectivity index (χ3n) is 4.42. The second-order valence-corrected chi connectivity index (χ2v) is 5.63. The Morgan fingerprint density at radius 3 is 2.63 bits per heavy atom. The molecule has 0 N–H and O–H groups in total. The van der Waals surface area contributed by atoms with E-state index in [9.17, 15) is 4.79 Å². The van der Waals surface area contributed by atoms with Crippen LogP contribution in [0.4, 0.5) is 5.69 Å². The second kappa shape index (κ2) is 4.05. The molecule has 2 saturated heterocycles. The van der Waals surface area contributed by atoms with Crippen LogP contribution in [0, 0.1) is 0 Å². The number of para-hydroxylation sites is 1. The van der Waals surface area contributed by atoms with Crippen LogP contribution in [-0.4, -0.2) is 22.9 Å².